The van der Waals surface area contributed by atoms with E-state index in [0.717, 1.165) is 45.2 Å². The predicted octanol–water partition coefficient (Wildman–Crippen LogP) is 2.20. The number of hydrogen-bond donors (Lipinski definition) is 2. The SMILES string of the molecule is COC1(CC2(NC(=O)OC(C)(C)C)CCCC2)CNC1. The van der Waals surface area contributed by atoms with Gasteiger partial charge in [0.2, 0.25) is 0 Å². The summed E-state index contributed by atoms with van der Waals surface area (Å²) in [5.74, 6) is 0. The van der Waals surface area contributed by atoms with Crippen LogP contribution in [0.3, 0.4) is 0 Å². The van der Waals surface area contributed by atoms with E-state index in [-0.39, 0.29) is 17.2 Å². The van der Waals surface area contributed by atoms with Crippen molar-refractivity contribution < 1.29 is 14.3 Å². The molecule has 5 heteroatoms. The van der Waals surface area contributed by atoms with E-state index < -0.39 is 5.60 Å². The molecule has 0 bridgehead atoms. The molecule has 5 nitrogen and oxygen atoms in total. The van der Waals surface area contributed by atoms with E-state index in [2.05, 4.69) is 10.6 Å². The molecule has 0 spiro atoms. The van der Waals surface area contributed by atoms with E-state index in [1.807, 2.05) is 20.8 Å². The fraction of sp³-hybridized carbons (Fsp3) is 0.933. The number of carbonyl (C=O) groups is 1. The molecule has 0 unspecified atom stereocenters. The third-order valence-corrected chi connectivity index (χ3v) is 4.31. The summed E-state index contributed by atoms with van der Waals surface area (Å²) in [7, 11) is 1.76. The Kier molecular flexibility index (Phi) is 4.30. The highest BCUT2D eigenvalue weighted by molar-refractivity contribution is 5.69. The molecule has 2 rings (SSSR count). The Hall–Kier alpha value is -0.810. The second-order valence-corrected chi connectivity index (χ2v) is 7.28. The van der Waals surface area contributed by atoms with E-state index in [1.165, 1.54) is 0 Å². The van der Waals surface area contributed by atoms with Gasteiger partial charge in [0.25, 0.3) is 0 Å². The van der Waals surface area contributed by atoms with Gasteiger partial charge in [-0.25, -0.2) is 4.79 Å². The first-order valence-electron chi connectivity index (χ1n) is 7.55. The highest BCUT2D eigenvalue weighted by Gasteiger charge is 2.47. The van der Waals surface area contributed by atoms with Crippen LogP contribution < -0.4 is 10.6 Å². The van der Waals surface area contributed by atoms with Crippen LogP contribution in [0, 0.1) is 0 Å². The van der Waals surface area contributed by atoms with E-state index in [1.54, 1.807) is 7.11 Å². The fourth-order valence-corrected chi connectivity index (χ4v) is 3.28. The van der Waals surface area contributed by atoms with Crippen LogP contribution in [0.25, 0.3) is 0 Å². The van der Waals surface area contributed by atoms with Crippen LogP contribution in [0.2, 0.25) is 0 Å². The number of amides is 1. The molecule has 0 aromatic carbocycles. The standard InChI is InChI=1S/C15H28N2O3/c1-13(2,3)20-12(18)17-14(7-5-6-8-14)9-15(19-4)10-16-11-15/h16H,5-11H2,1-4H3,(H,17,18). The van der Waals surface area contributed by atoms with Crippen molar-refractivity contribution in [1.82, 2.24) is 10.6 Å². The zero-order valence-electron chi connectivity index (χ0n) is 13.2. The van der Waals surface area contributed by atoms with Gasteiger partial charge in [0, 0.05) is 32.2 Å². The van der Waals surface area contributed by atoms with Crippen LogP contribution in [0.15, 0.2) is 0 Å². The molecule has 1 aliphatic carbocycles. The largest absolute Gasteiger partial charge is 0.444 e. The fourth-order valence-electron chi connectivity index (χ4n) is 3.28. The summed E-state index contributed by atoms with van der Waals surface area (Å²) in [5, 5.41) is 6.40. The van der Waals surface area contributed by atoms with E-state index in [4.69, 9.17) is 9.47 Å². The summed E-state index contributed by atoms with van der Waals surface area (Å²) in [5.41, 5.74) is -0.749. The molecule has 2 fully saturated rings. The molecule has 116 valence electrons. The van der Waals surface area contributed by atoms with E-state index in [9.17, 15) is 4.79 Å². The summed E-state index contributed by atoms with van der Waals surface area (Å²) >= 11 is 0. The highest BCUT2D eigenvalue weighted by Crippen LogP contribution is 2.39. The molecule has 1 saturated carbocycles. The number of ether oxygens (including phenoxy) is 2. The second-order valence-electron chi connectivity index (χ2n) is 7.28. The highest BCUT2D eigenvalue weighted by atomic mass is 16.6. The van der Waals surface area contributed by atoms with Crippen molar-refractivity contribution in [2.45, 2.75) is 69.6 Å². The quantitative estimate of drug-likeness (QED) is 0.831. The van der Waals surface area contributed by atoms with E-state index in [0.29, 0.717) is 0 Å². The third-order valence-electron chi connectivity index (χ3n) is 4.31. The van der Waals surface area contributed by atoms with Crippen molar-refractivity contribution >= 4 is 6.09 Å². The molecule has 1 heterocycles. The lowest BCUT2D eigenvalue weighted by atomic mass is 9.79. The zero-order valence-corrected chi connectivity index (χ0v) is 13.2. The predicted molar refractivity (Wildman–Crippen MR) is 77.8 cm³/mol. The number of nitrogens with one attached hydrogen (secondary N) is 2. The molecule has 0 aromatic heterocycles. The van der Waals surface area contributed by atoms with Gasteiger partial charge >= 0.3 is 6.09 Å². The Morgan fingerprint density at radius 3 is 2.25 bits per heavy atom. The Bertz CT molecular complexity index is 347. The van der Waals surface area contributed by atoms with E-state index >= 15 is 0 Å². The number of carbonyl (C=O) groups excluding carboxylic acids is 1. The van der Waals surface area contributed by atoms with Crippen molar-refractivity contribution in [3.63, 3.8) is 0 Å². The molecule has 0 atom stereocenters. The van der Waals surface area contributed by atoms with Crippen molar-refractivity contribution in [2.24, 2.45) is 0 Å². The second kappa shape index (κ2) is 5.53. The summed E-state index contributed by atoms with van der Waals surface area (Å²) in [6, 6.07) is 0. The van der Waals surface area contributed by atoms with Crippen LogP contribution in [-0.2, 0) is 9.47 Å². The lowest BCUT2D eigenvalue weighted by molar-refractivity contribution is -0.0749. The normalized spacial score (nSPS) is 24.0. The van der Waals surface area contributed by atoms with Gasteiger partial charge in [0.15, 0.2) is 0 Å². The van der Waals surface area contributed by atoms with Gasteiger partial charge in [-0.1, -0.05) is 12.8 Å². The van der Waals surface area contributed by atoms with Gasteiger partial charge in [-0.3, -0.25) is 0 Å². The first-order valence-corrected chi connectivity index (χ1v) is 7.55. The van der Waals surface area contributed by atoms with Crippen LogP contribution in [0.4, 0.5) is 4.79 Å². The molecule has 1 aliphatic heterocycles. The third kappa shape index (κ3) is 3.64. The summed E-state index contributed by atoms with van der Waals surface area (Å²) in [4.78, 5) is 12.1. The minimum absolute atomic E-state index is 0.126. The van der Waals surface area contributed by atoms with Crippen molar-refractivity contribution in [3.8, 4) is 0 Å². The Balaban J connectivity index is 2.00. The number of rotatable bonds is 4. The smallest absolute Gasteiger partial charge is 0.408 e. The summed E-state index contributed by atoms with van der Waals surface area (Å²) in [6.45, 7) is 7.39. The lowest BCUT2D eigenvalue weighted by Crippen LogP contribution is -2.65. The Labute approximate surface area is 121 Å². The zero-order chi connectivity index (χ0) is 14.9. The number of alkyl carbamates (subject to hydrolysis) is 1. The molecular weight excluding hydrogens is 256 g/mol. The maximum Gasteiger partial charge on any atom is 0.408 e. The average Bonchev–Trinajstić information content (AvgIpc) is 2.69. The molecular formula is C15H28N2O3. The minimum Gasteiger partial charge on any atom is -0.444 e. The van der Waals surface area contributed by atoms with Crippen molar-refractivity contribution in [3.05, 3.63) is 0 Å². The molecule has 0 radical (unpaired) electrons. The molecule has 1 amide bonds. The monoisotopic (exact) mass is 284 g/mol. The van der Waals surface area contributed by atoms with Crippen LogP contribution in [-0.4, -0.2) is 43.0 Å². The first-order chi connectivity index (χ1) is 9.28. The Morgan fingerprint density at radius 2 is 1.85 bits per heavy atom. The van der Waals surface area contributed by atoms with Gasteiger partial charge in [-0.15, -0.1) is 0 Å². The van der Waals surface area contributed by atoms with Gasteiger partial charge in [0.1, 0.15) is 5.60 Å². The average molecular weight is 284 g/mol. The maximum absolute atomic E-state index is 12.1. The topological polar surface area (TPSA) is 59.6 Å². The molecule has 0 aromatic rings. The molecule has 1 saturated heterocycles. The van der Waals surface area contributed by atoms with Gasteiger partial charge < -0.3 is 20.1 Å². The Morgan fingerprint density at radius 1 is 1.25 bits per heavy atom. The summed E-state index contributed by atoms with van der Waals surface area (Å²) in [6.07, 6.45) is 4.89. The van der Waals surface area contributed by atoms with Crippen molar-refractivity contribution in [2.75, 3.05) is 20.2 Å². The van der Waals surface area contributed by atoms with Gasteiger partial charge in [0.05, 0.1) is 5.60 Å². The van der Waals surface area contributed by atoms with Crippen LogP contribution >= 0.6 is 0 Å². The lowest BCUT2D eigenvalue weighted by Gasteiger charge is -2.47. The maximum atomic E-state index is 12.1. The minimum atomic E-state index is -0.457. The van der Waals surface area contributed by atoms with Gasteiger partial charge in [-0.2, -0.15) is 0 Å². The van der Waals surface area contributed by atoms with Crippen LogP contribution in [0.1, 0.15) is 52.9 Å². The number of hydrogen-bond acceptors (Lipinski definition) is 4. The van der Waals surface area contributed by atoms with Crippen molar-refractivity contribution in [1.29, 1.82) is 0 Å². The van der Waals surface area contributed by atoms with Gasteiger partial charge in [-0.05, 0) is 33.6 Å². The molecule has 20 heavy (non-hydrogen) atoms. The molecule has 2 aliphatic rings. The van der Waals surface area contributed by atoms with Crippen LogP contribution in [0.5, 0.6) is 0 Å². The summed E-state index contributed by atoms with van der Waals surface area (Å²) < 4.78 is 11.1. The number of methoxy groups -OCH3 is 1. The first kappa shape index (κ1) is 15.6. The molecule has 2 N–H and O–H groups in total.